The number of carbonyl (C=O) groups is 1. The number of nitrogens with one attached hydrogen (secondary N) is 1. The van der Waals surface area contributed by atoms with E-state index < -0.39 is 9.84 Å². The van der Waals surface area contributed by atoms with Crippen LogP contribution in [0.25, 0.3) is 11.5 Å². The number of benzene rings is 2. The molecule has 0 unspecified atom stereocenters. The third-order valence-electron chi connectivity index (χ3n) is 5.45. The van der Waals surface area contributed by atoms with E-state index in [2.05, 4.69) is 15.3 Å². The highest BCUT2D eigenvalue weighted by molar-refractivity contribution is 7.90. The van der Waals surface area contributed by atoms with Gasteiger partial charge < -0.3 is 9.73 Å². The van der Waals surface area contributed by atoms with Gasteiger partial charge in [-0.1, -0.05) is 23.8 Å². The minimum Gasteiger partial charge on any atom is -0.441 e. The van der Waals surface area contributed by atoms with Gasteiger partial charge in [0.25, 0.3) is 5.91 Å². The molecule has 0 saturated heterocycles. The zero-order valence-corrected chi connectivity index (χ0v) is 20.0. The molecule has 4 aromatic rings. The lowest BCUT2D eigenvalue weighted by Gasteiger charge is -2.07. The Morgan fingerprint density at radius 3 is 2.47 bits per heavy atom. The Labute approximate surface area is 198 Å². The van der Waals surface area contributed by atoms with E-state index in [1.54, 1.807) is 62.6 Å². The van der Waals surface area contributed by atoms with Crippen LogP contribution in [0.3, 0.4) is 0 Å². The van der Waals surface area contributed by atoms with E-state index in [1.165, 1.54) is 0 Å². The lowest BCUT2D eigenvalue weighted by Crippen LogP contribution is -2.22. The van der Waals surface area contributed by atoms with Gasteiger partial charge in [0.15, 0.2) is 9.84 Å². The molecule has 174 valence electrons. The van der Waals surface area contributed by atoms with Crippen molar-refractivity contribution in [1.82, 2.24) is 15.3 Å². The van der Waals surface area contributed by atoms with E-state index in [4.69, 9.17) is 4.42 Å². The summed E-state index contributed by atoms with van der Waals surface area (Å²) in [6.45, 7) is 5.79. The predicted octanol–water partition coefficient (Wildman–Crippen LogP) is 4.57. The number of sulfone groups is 1. The van der Waals surface area contributed by atoms with E-state index in [-0.39, 0.29) is 11.7 Å². The normalized spacial score (nSPS) is 11.4. The summed E-state index contributed by atoms with van der Waals surface area (Å²) in [7, 11) is -3.58. The van der Waals surface area contributed by atoms with Gasteiger partial charge in [-0.25, -0.2) is 13.4 Å². The first-order valence-electron chi connectivity index (χ1n) is 10.8. The zero-order valence-electron chi connectivity index (χ0n) is 19.2. The average Bonchev–Trinajstić information content (AvgIpc) is 3.17. The Kier molecular flexibility index (Phi) is 6.61. The minimum absolute atomic E-state index is 0.209. The van der Waals surface area contributed by atoms with Crippen molar-refractivity contribution in [2.75, 3.05) is 0 Å². The Morgan fingerprint density at radius 1 is 1.03 bits per heavy atom. The number of amides is 1. The average molecular weight is 476 g/mol. The monoisotopic (exact) mass is 475 g/mol. The molecular weight excluding hydrogens is 450 g/mol. The quantitative estimate of drug-likeness (QED) is 0.420. The van der Waals surface area contributed by atoms with Gasteiger partial charge in [0.1, 0.15) is 11.5 Å². The molecule has 8 heteroatoms. The lowest BCUT2D eigenvalue weighted by molar-refractivity contribution is 0.0951. The van der Waals surface area contributed by atoms with Gasteiger partial charge in [0, 0.05) is 30.1 Å². The first-order chi connectivity index (χ1) is 16.2. The number of nitrogens with zero attached hydrogens (tertiary/aromatic N) is 2. The summed E-state index contributed by atoms with van der Waals surface area (Å²) in [6.07, 6.45) is 3.38. The number of pyridine rings is 1. The van der Waals surface area contributed by atoms with Crippen LogP contribution in [0.5, 0.6) is 0 Å². The van der Waals surface area contributed by atoms with Crippen molar-refractivity contribution >= 4 is 15.7 Å². The molecule has 0 radical (unpaired) electrons. The van der Waals surface area contributed by atoms with Crippen LogP contribution in [-0.2, 0) is 22.1 Å². The van der Waals surface area contributed by atoms with Gasteiger partial charge in [-0.3, -0.25) is 9.78 Å². The first-order valence-corrected chi connectivity index (χ1v) is 12.4. The molecule has 2 aromatic carbocycles. The van der Waals surface area contributed by atoms with Crippen molar-refractivity contribution in [2.24, 2.45) is 0 Å². The molecule has 2 heterocycles. The lowest BCUT2D eigenvalue weighted by atomic mass is 10.1. The topological polar surface area (TPSA) is 102 Å². The fraction of sp³-hybridized carbons (Fsp3) is 0.192. The Hall–Kier alpha value is -3.78. The van der Waals surface area contributed by atoms with Crippen LogP contribution in [0.2, 0.25) is 0 Å². The molecule has 0 aliphatic heterocycles. The van der Waals surface area contributed by atoms with Crippen LogP contribution in [0.15, 0.2) is 76.3 Å². The maximum Gasteiger partial charge on any atom is 0.251 e. The maximum atomic E-state index is 13.0. The van der Waals surface area contributed by atoms with Gasteiger partial charge in [0.2, 0.25) is 5.89 Å². The number of rotatable bonds is 7. The van der Waals surface area contributed by atoms with Crippen LogP contribution < -0.4 is 5.32 Å². The first kappa shape index (κ1) is 23.4. The highest BCUT2D eigenvalue weighted by atomic mass is 32.2. The van der Waals surface area contributed by atoms with Gasteiger partial charge in [-0.15, -0.1) is 0 Å². The third kappa shape index (κ3) is 5.23. The molecule has 0 spiro atoms. The van der Waals surface area contributed by atoms with Crippen molar-refractivity contribution in [3.8, 4) is 11.5 Å². The van der Waals surface area contributed by atoms with E-state index in [9.17, 15) is 13.2 Å². The van der Waals surface area contributed by atoms with Crippen LogP contribution in [-0.4, -0.2) is 24.3 Å². The SMILES string of the molecule is Cc1ccc(S(=O)(=O)Cc2nc(-c3ccc(C(=O)NCc4cccnc4)cc3)oc2C)c(C)c1. The largest absolute Gasteiger partial charge is 0.441 e. The summed E-state index contributed by atoms with van der Waals surface area (Å²) >= 11 is 0. The highest BCUT2D eigenvalue weighted by Crippen LogP contribution is 2.26. The molecule has 0 saturated carbocycles. The van der Waals surface area contributed by atoms with Crippen molar-refractivity contribution in [1.29, 1.82) is 0 Å². The summed E-state index contributed by atoms with van der Waals surface area (Å²) in [5.74, 6) is 0.299. The number of carbonyl (C=O) groups excluding carboxylic acids is 1. The van der Waals surface area contributed by atoms with E-state index >= 15 is 0 Å². The second-order valence-corrected chi connectivity index (χ2v) is 10.1. The summed E-state index contributed by atoms with van der Waals surface area (Å²) in [6, 6.07) is 15.8. The van der Waals surface area contributed by atoms with E-state index in [0.29, 0.717) is 45.5 Å². The standard InChI is InChI=1S/C26H25N3O4S/c1-17-6-11-24(18(2)13-17)34(31,32)16-23-19(3)33-26(29-23)22-9-7-21(8-10-22)25(30)28-15-20-5-4-12-27-14-20/h4-14H,15-16H2,1-3H3,(H,28,30). The molecule has 0 bridgehead atoms. The third-order valence-corrected chi connectivity index (χ3v) is 7.24. The minimum atomic E-state index is -3.58. The van der Waals surface area contributed by atoms with Crippen LogP contribution in [0, 0.1) is 20.8 Å². The van der Waals surface area contributed by atoms with Gasteiger partial charge in [-0.2, -0.15) is 0 Å². The van der Waals surface area contributed by atoms with Crippen molar-refractivity contribution < 1.29 is 17.6 Å². The molecule has 1 amide bonds. The van der Waals surface area contributed by atoms with Crippen LogP contribution >= 0.6 is 0 Å². The number of hydrogen-bond donors (Lipinski definition) is 1. The fourth-order valence-corrected chi connectivity index (χ4v) is 5.25. The number of oxazole rings is 1. The van der Waals surface area contributed by atoms with Crippen molar-refractivity contribution in [3.05, 3.63) is 101 Å². The molecule has 0 aliphatic rings. The summed E-state index contributed by atoms with van der Waals surface area (Å²) in [5, 5.41) is 2.85. The summed E-state index contributed by atoms with van der Waals surface area (Å²) in [5.41, 5.74) is 4.14. The van der Waals surface area contributed by atoms with Crippen molar-refractivity contribution in [2.45, 2.75) is 38.0 Å². The Bertz CT molecular complexity index is 1430. The second kappa shape index (κ2) is 9.61. The molecule has 0 fully saturated rings. The summed E-state index contributed by atoms with van der Waals surface area (Å²) in [4.78, 5) is 21.2. The molecule has 7 nitrogen and oxygen atoms in total. The van der Waals surface area contributed by atoms with Gasteiger partial charge >= 0.3 is 0 Å². The fourth-order valence-electron chi connectivity index (χ4n) is 3.64. The van der Waals surface area contributed by atoms with Gasteiger partial charge in [-0.05, 0) is 68.3 Å². The van der Waals surface area contributed by atoms with E-state index in [0.717, 1.165) is 11.1 Å². The molecule has 0 atom stereocenters. The van der Waals surface area contributed by atoms with Crippen LogP contribution in [0.1, 0.15) is 38.5 Å². The molecule has 4 rings (SSSR count). The highest BCUT2D eigenvalue weighted by Gasteiger charge is 2.22. The predicted molar refractivity (Wildman–Crippen MR) is 129 cm³/mol. The van der Waals surface area contributed by atoms with Crippen molar-refractivity contribution in [3.63, 3.8) is 0 Å². The maximum absolute atomic E-state index is 13.0. The molecular formula is C26H25N3O4S. The number of hydrogen-bond acceptors (Lipinski definition) is 6. The Morgan fingerprint density at radius 2 is 1.79 bits per heavy atom. The Balaban J connectivity index is 1.48. The molecule has 34 heavy (non-hydrogen) atoms. The van der Waals surface area contributed by atoms with E-state index in [1.807, 2.05) is 25.1 Å². The molecule has 0 aliphatic carbocycles. The molecule has 2 aromatic heterocycles. The number of aromatic nitrogens is 2. The summed E-state index contributed by atoms with van der Waals surface area (Å²) < 4.78 is 31.7. The second-order valence-electron chi connectivity index (χ2n) is 8.17. The smallest absolute Gasteiger partial charge is 0.251 e. The zero-order chi connectivity index (χ0) is 24.3. The van der Waals surface area contributed by atoms with Gasteiger partial charge in [0.05, 0.1) is 10.6 Å². The van der Waals surface area contributed by atoms with Crippen LogP contribution in [0.4, 0.5) is 0 Å². The number of aryl methyl sites for hydroxylation is 3. The molecule has 1 N–H and O–H groups in total.